The Kier molecular flexibility index (Phi) is 6.43. The molecule has 2 aliphatic rings. The molecule has 1 saturated heterocycles. The van der Waals surface area contributed by atoms with E-state index in [9.17, 15) is 9.59 Å². The molecule has 1 aromatic carbocycles. The number of piperazine rings is 1. The van der Waals surface area contributed by atoms with Gasteiger partial charge in [-0.05, 0) is 55.1 Å². The molecule has 4 rings (SSSR count). The lowest BCUT2D eigenvalue weighted by atomic mass is 10.1. The van der Waals surface area contributed by atoms with Crippen molar-refractivity contribution >= 4 is 28.7 Å². The predicted octanol–water partition coefficient (Wildman–Crippen LogP) is 3.16. The lowest BCUT2D eigenvalue weighted by molar-refractivity contribution is -0.138. The minimum atomic E-state index is -0.218. The molecule has 1 fully saturated rings. The van der Waals surface area contributed by atoms with Crippen LogP contribution in [0, 0.1) is 13.8 Å². The van der Waals surface area contributed by atoms with E-state index in [-0.39, 0.29) is 25.0 Å². The summed E-state index contributed by atoms with van der Waals surface area (Å²) in [5.74, 6) is 0.339. The third-order valence-corrected chi connectivity index (χ3v) is 6.71. The molecular formula is C24H29N3O3S. The average molecular weight is 440 g/mol. The summed E-state index contributed by atoms with van der Waals surface area (Å²) in [4.78, 5) is 33.3. The number of thiophene rings is 1. The minimum Gasteiger partial charge on any atom is -0.492 e. The van der Waals surface area contributed by atoms with Gasteiger partial charge in [-0.1, -0.05) is 19.1 Å². The van der Waals surface area contributed by atoms with E-state index in [0.29, 0.717) is 11.3 Å². The zero-order valence-corrected chi connectivity index (χ0v) is 19.2. The predicted molar refractivity (Wildman–Crippen MR) is 123 cm³/mol. The number of nitrogens with zero attached hydrogens (tertiary/aromatic N) is 3. The van der Waals surface area contributed by atoms with Crippen molar-refractivity contribution in [3.63, 3.8) is 0 Å². The molecule has 164 valence electrons. The minimum absolute atomic E-state index is 0.206. The maximum atomic E-state index is 13.4. The van der Waals surface area contributed by atoms with Crippen LogP contribution in [0.15, 0.2) is 41.4 Å². The van der Waals surface area contributed by atoms with Crippen molar-refractivity contribution in [1.29, 1.82) is 0 Å². The molecule has 2 aromatic rings. The first-order valence-corrected chi connectivity index (χ1v) is 11.7. The van der Waals surface area contributed by atoms with Gasteiger partial charge in [-0.2, -0.15) is 0 Å². The fourth-order valence-electron chi connectivity index (χ4n) is 4.26. The molecule has 0 atom stereocenters. The number of aryl methyl sites for hydroxylation is 2. The van der Waals surface area contributed by atoms with Gasteiger partial charge in [0.1, 0.15) is 18.1 Å². The Balaban J connectivity index is 1.51. The topological polar surface area (TPSA) is 53.1 Å². The molecule has 1 aromatic heterocycles. The second kappa shape index (κ2) is 9.24. The summed E-state index contributed by atoms with van der Waals surface area (Å²) in [5.41, 5.74) is 3.34. The van der Waals surface area contributed by atoms with Crippen LogP contribution in [-0.2, 0) is 9.59 Å². The van der Waals surface area contributed by atoms with Crippen LogP contribution in [0.5, 0.6) is 5.75 Å². The Morgan fingerprint density at radius 3 is 2.32 bits per heavy atom. The van der Waals surface area contributed by atoms with Gasteiger partial charge in [0, 0.05) is 31.1 Å². The maximum absolute atomic E-state index is 13.4. The van der Waals surface area contributed by atoms with Crippen molar-refractivity contribution in [2.45, 2.75) is 20.8 Å². The van der Waals surface area contributed by atoms with Gasteiger partial charge < -0.3 is 14.5 Å². The van der Waals surface area contributed by atoms with Crippen molar-refractivity contribution in [2.75, 3.05) is 45.9 Å². The van der Waals surface area contributed by atoms with Crippen LogP contribution < -0.4 is 4.74 Å². The smallest absolute Gasteiger partial charge is 0.278 e. The van der Waals surface area contributed by atoms with Gasteiger partial charge in [0.2, 0.25) is 0 Å². The summed E-state index contributed by atoms with van der Waals surface area (Å²) in [6.07, 6.45) is 0. The van der Waals surface area contributed by atoms with Crippen LogP contribution in [0.3, 0.4) is 0 Å². The number of benzene rings is 1. The standard InChI is InChI=1S/C24H29N3O3S/c1-4-25-7-9-26(10-8-25)22-21(20-6-5-13-31-20)23(28)27(24(22)29)11-12-30-19-15-17(2)14-18(3)16-19/h5-6,13-16H,4,7-12H2,1-3H3. The summed E-state index contributed by atoms with van der Waals surface area (Å²) in [5, 5.41) is 1.94. The molecule has 0 aliphatic carbocycles. The van der Waals surface area contributed by atoms with E-state index in [1.807, 2.05) is 43.5 Å². The lowest BCUT2D eigenvalue weighted by Crippen LogP contribution is -2.47. The van der Waals surface area contributed by atoms with Gasteiger partial charge in [-0.25, -0.2) is 0 Å². The Labute approximate surface area is 187 Å². The third-order valence-electron chi connectivity index (χ3n) is 5.83. The summed E-state index contributed by atoms with van der Waals surface area (Å²) in [7, 11) is 0. The first kappa shape index (κ1) is 21.6. The van der Waals surface area contributed by atoms with Crippen LogP contribution in [0.2, 0.25) is 0 Å². The summed E-state index contributed by atoms with van der Waals surface area (Å²) in [6.45, 7) is 11.0. The molecule has 0 bridgehead atoms. The quantitative estimate of drug-likeness (QED) is 0.621. The fraction of sp³-hybridized carbons (Fsp3) is 0.417. The normalized spacial score (nSPS) is 17.8. The maximum Gasteiger partial charge on any atom is 0.278 e. The Morgan fingerprint density at radius 1 is 1.00 bits per heavy atom. The molecule has 0 saturated carbocycles. The van der Waals surface area contributed by atoms with Crippen molar-refractivity contribution in [3.8, 4) is 5.75 Å². The van der Waals surface area contributed by atoms with Crippen LogP contribution >= 0.6 is 11.3 Å². The highest BCUT2D eigenvalue weighted by Crippen LogP contribution is 2.34. The third kappa shape index (κ3) is 4.52. The van der Waals surface area contributed by atoms with Crippen LogP contribution in [-0.4, -0.2) is 72.4 Å². The van der Waals surface area contributed by atoms with E-state index < -0.39 is 0 Å². The summed E-state index contributed by atoms with van der Waals surface area (Å²) in [6, 6.07) is 9.86. The molecular weight excluding hydrogens is 410 g/mol. The van der Waals surface area contributed by atoms with Crippen LogP contribution in [0.1, 0.15) is 22.9 Å². The van der Waals surface area contributed by atoms with E-state index in [4.69, 9.17) is 4.74 Å². The number of ether oxygens (including phenoxy) is 1. The van der Waals surface area contributed by atoms with Gasteiger partial charge in [0.15, 0.2) is 0 Å². The van der Waals surface area contributed by atoms with Gasteiger partial charge >= 0.3 is 0 Å². The summed E-state index contributed by atoms with van der Waals surface area (Å²) >= 11 is 1.50. The molecule has 6 nitrogen and oxygen atoms in total. The first-order valence-electron chi connectivity index (χ1n) is 10.8. The van der Waals surface area contributed by atoms with E-state index in [2.05, 4.69) is 22.8 Å². The Morgan fingerprint density at radius 2 is 1.71 bits per heavy atom. The number of carbonyl (C=O) groups excluding carboxylic acids is 2. The second-order valence-corrected chi connectivity index (χ2v) is 9.00. The number of likely N-dealkylation sites (N-methyl/N-ethyl adjacent to an activating group) is 1. The van der Waals surface area contributed by atoms with Crippen molar-refractivity contribution in [1.82, 2.24) is 14.7 Å². The monoisotopic (exact) mass is 439 g/mol. The number of imide groups is 1. The van der Waals surface area contributed by atoms with Crippen molar-refractivity contribution < 1.29 is 14.3 Å². The van der Waals surface area contributed by atoms with E-state index in [0.717, 1.165) is 54.5 Å². The van der Waals surface area contributed by atoms with Crippen LogP contribution in [0.4, 0.5) is 0 Å². The number of amides is 2. The molecule has 2 amide bonds. The SMILES string of the molecule is CCN1CCN(C2=C(c3cccs3)C(=O)N(CCOc3cc(C)cc(C)c3)C2=O)CC1. The first-order chi connectivity index (χ1) is 15.0. The Hall–Kier alpha value is -2.64. The fourth-order valence-corrected chi connectivity index (χ4v) is 5.02. The van der Waals surface area contributed by atoms with Crippen molar-refractivity contribution in [3.05, 3.63) is 57.4 Å². The van der Waals surface area contributed by atoms with Crippen LogP contribution in [0.25, 0.3) is 5.57 Å². The van der Waals surface area contributed by atoms with Gasteiger partial charge in [0.05, 0.1) is 12.1 Å². The molecule has 7 heteroatoms. The molecule has 2 aliphatic heterocycles. The highest BCUT2D eigenvalue weighted by molar-refractivity contribution is 7.11. The molecule has 0 N–H and O–H groups in total. The van der Waals surface area contributed by atoms with Gasteiger partial charge in [0.25, 0.3) is 11.8 Å². The number of carbonyl (C=O) groups is 2. The lowest BCUT2D eigenvalue weighted by Gasteiger charge is -2.35. The molecule has 0 unspecified atom stereocenters. The molecule has 31 heavy (non-hydrogen) atoms. The van der Waals surface area contributed by atoms with E-state index >= 15 is 0 Å². The highest BCUT2D eigenvalue weighted by atomic mass is 32.1. The van der Waals surface area contributed by atoms with E-state index in [1.54, 1.807) is 0 Å². The summed E-state index contributed by atoms with van der Waals surface area (Å²) < 4.78 is 5.88. The second-order valence-electron chi connectivity index (χ2n) is 8.06. The van der Waals surface area contributed by atoms with Crippen molar-refractivity contribution in [2.24, 2.45) is 0 Å². The number of hydrogen-bond donors (Lipinski definition) is 0. The molecule has 0 radical (unpaired) electrons. The zero-order chi connectivity index (χ0) is 22.0. The highest BCUT2D eigenvalue weighted by Gasteiger charge is 2.42. The zero-order valence-electron chi connectivity index (χ0n) is 18.4. The largest absolute Gasteiger partial charge is 0.492 e. The molecule has 0 spiro atoms. The van der Waals surface area contributed by atoms with E-state index in [1.165, 1.54) is 16.2 Å². The average Bonchev–Trinajstić information content (AvgIpc) is 3.35. The Bertz CT molecular complexity index is 971. The molecule has 3 heterocycles. The number of rotatable bonds is 7. The van der Waals surface area contributed by atoms with Gasteiger partial charge in [-0.15, -0.1) is 11.3 Å². The van der Waals surface area contributed by atoms with Gasteiger partial charge in [-0.3, -0.25) is 14.5 Å². The number of hydrogen-bond acceptors (Lipinski definition) is 6.